The van der Waals surface area contributed by atoms with Gasteiger partial charge in [0.2, 0.25) is 0 Å². The topological polar surface area (TPSA) is 0 Å². The zero-order valence-corrected chi connectivity index (χ0v) is 9.70. The largest absolute Gasteiger partial charge is 0.114 e. The molecule has 0 aromatic heterocycles. The summed E-state index contributed by atoms with van der Waals surface area (Å²) in [4.78, 5) is 0. The van der Waals surface area contributed by atoms with E-state index in [2.05, 4.69) is 48.7 Å². The van der Waals surface area contributed by atoms with Gasteiger partial charge in [-0.3, -0.25) is 0 Å². The number of hydrogen-bond acceptors (Lipinski definition) is 0. The second-order valence-electron chi connectivity index (χ2n) is 4.99. The summed E-state index contributed by atoms with van der Waals surface area (Å²) in [5, 5.41) is 0.444. The molecular weight excluding hydrogens is 143 g/mol. The summed E-state index contributed by atoms with van der Waals surface area (Å²) in [5.74, 6) is 0. The van der Waals surface area contributed by atoms with Gasteiger partial charge in [0.25, 0.3) is 0 Å². The molecule has 0 rings (SSSR count). The standard InChI is InChI=1S/C11H24B/c1-7-10(3,4)9-11(5,8-2)12-6/h7-9H2,1-6H3. The third kappa shape index (κ3) is 3.64. The van der Waals surface area contributed by atoms with Gasteiger partial charge in [-0.25, -0.2) is 0 Å². The Labute approximate surface area is 79.4 Å². The fraction of sp³-hybridized carbons (Fsp3) is 1.00. The van der Waals surface area contributed by atoms with Crippen LogP contribution < -0.4 is 0 Å². The van der Waals surface area contributed by atoms with E-state index in [1.807, 2.05) is 0 Å². The molecule has 0 aromatic rings. The van der Waals surface area contributed by atoms with Crippen LogP contribution in [0.15, 0.2) is 0 Å². The van der Waals surface area contributed by atoms with Gasteiger partial charge in [0.15, 0.2) is 0 Å². The molecule has 12 heavy (non-hydrogen) atoms. The molecule has 0 heterocycles. The normalized spacial score (nSPS) is 17.2. The minimum absolute atomic E-state index is 0.444. The van der Waals surface area contributed by atoms with Crippen molar-refractivity contribution in [3.8, 4) is 0 Å². The van der Waals surface area contributed by atoms with Crippen molar-refractivity contribution in [3.05, 3.63) is 0 Å². The number of hydrogen-bond donors (Lipinski definition) is 0. The van der Waals surface area contributed by atoms with Crippen LogP contribution in [0.2, 0.25) is 12.1 Å². The van der Waals surface area contributed by atoms with Crippen molar-refractivity contribution in [2.24, 2.45) is 5.41 Å². The molecule has 0 N–H and O–H groups in total. The summed E-state index contributed by atoms with van der Waals surface area (Å²) in [6.07, 6.45) is 3.84. The zero-order valence-electron chi connectivity index (χ0n) is 9.70. The Morgan fingerprint density at radius 1 is 1.00 bits per heavy atom. The zero-order chi connectivity index (χ0) is 9.83. The van der Waals surface area contributed by atoms with Crippen molar-refractivity contribution in [3.63, 3.8) is 0 Å². The Balaban J connectivity index is 4.20. The SMILES string of the molecule is C[B]C(C)(CC)CC(C)(C)CC. The Morgan fingerprint density at radius 3 is 1.75 bits per heavy atom. The van der Waals surface area contributed by atoms with Crippen molar-refractivity contribution in [1.82, 2.24) is 0 Å². The average molecular weight is 167 g/mol. The summed E-state index contributed by atoms with van der Waals surface area (Å²) in [7, 11) is 2.37. The molecule has 1 atom stereocenters. The lowest BCUT2D eigenvalue weighted by atomic mass is 9.49. The first-order chi connectivity index (χ1) is 5.39. The van der Waals surface area contributed by atoms with Gasteiger partial charge in [-0.15, -0.1) is 0 Å². The van der Waals surface area contributed by atoms with E-state index in [-0.39, 0.29) is 0 Å². The van der Waals surface area contributed by atoms with E-state index in [1.165, 1.54) is 19.3 Å². The van der Waals surface area contributed by atoms with E-state index in [9.17, 15) is 0 Å². The van der Waals surface area contributed by atoms with E-state index in [0.717, 1.165) is 0 Å². The minimum Gasteiger partial charge on any atom is -0.0914 e. The van der Waals surface area contributed by atoms with Crippen LogP contribution in [0.25, 0.3) is 0 Å². The third-order valence-electron chi connectivity index (χ3n) is 3.34. The maximum absolute atomic E-state index is 2.37. The maximum atomic E-state index is 2.37. The van der Waals surface area contributed by atoms with Crippen molar-refractivity contribution in [2.75, 3.05) is 0 Å². The molecular formula is C11H24B. The van der Waals surface area contributed by atoms with Crippen LogP contribution in [0, 0.1) is 5.41 Å². The fourth-order valence-electron chi connectivity index (χ4n) is 1.65. The first kappa shape index (κ1) is 12.1. The van der Waals surface area contributed by atoms with Crippen molar-refractivity contribution >= 4 is 7.28 Å². The molecule has 0 fully saturated rings. The molecule has 0 aromatic carbocycles. The van der Waals surface area contributed by atoms with Gasteiger partial charge in [0.1, 0.15) is 7.28 Å². The smallest absolute Gasteiger partial charge is 0.0914 e. The van der Waals surface area contributed by atoms with E-state index in [1.54, 1.807) is 0 Å². The Hall–Kier alpha value is 0.0649. The average Bonchev–Trinajstić information content (AvgIpc) is 2.04. The summed E-state index contributed by atoms with van der Waals surface area (Å²) >= 11 is 0. The molecule has 1 radical (unpaired) electrons. The monoisotopic (exact) mass is 167 g/mol. The lowest BCUT2D eigenvalue weighted by Crippen LogP contribution is -2.23. The van der Waals surface area contributed by atoms with Gasteiger partial charge >= 0.3 is 0 Å². The molecule has 0 saturated carbocycles. The van der Waals surface area contributed by atoms with Crippen molar-refractivity contribution in [1.29, 1.82) is 0 Å². The van der Waals surface area contributed by atoms with Gasteiger partial charge < -0.3 is 0 Å². The predicted molar refractivity (Wildman–Crippen MR) is 59.0 cm³/mol. The van der Waals surface area contributed by atoms with Crippen LogP contribution in [-0.2, 0) is 0 Å². The summed E-state index contributed by atoms with van der Waals surface area (Å²) in [5.41, 5.74) is 0.497. The highest BCUT2D eigenvalue weighted by Gasteiger charge is 2.28. The lowest BCUT2D eigenvalue weighted by Gasteiger charge is -2.35. The van der Waals surface area contributed by atoms with Crippen LogP contribution in [0.1, 0.15) is 53.9 Å². The quantitative estimate of drug-likeness (QED) is 0.539. The first-order valence-electron chi connectivity index (χ1n) is 5.19. The Kier molecular flexibility index (Phi) is 4.37. The van der Waals surface area contributed by atoms with E-state index in [4.69, 9.17) is 0 Å². The van der Waals surface area contributed by atoms with Crippen LogP contribution in [-0.4, -0.2) is 7.28 Å². The third-order valence-corrected chi connectivity index (χ3v) is 3.34. The van der Waals surface area contributed by atoms with E-state index in [0.29, 0.717) is 10.7 Å². The second-order valence-corrected chi connectivity index (χ2v) is 4.99. The van der Waals surface area contributed by atoms with Crippen LogP contribution >= 0.6 is 0 Å². The predicted octanol–water partition coefficient (Wildman–Crippen LogP) is 4.15. The second kappa shape index (κ2) is 4.34. The molecule has 0 aliphatic rings. The molecule has 0 bridgehead atoms. The van der Waals surface area contributed by atoms with Gasteiger partial charge in [-0.2, -0.15) is 0 Å². The molecule has 0 aliphatic carbocycles. The molecule has 0 aliphatic heterocycles. The van der Waals surface area contributed by atoms with Gasteiger partial charge in [0.05, 0.1) is 0 Å². The number of rotatable bonds is 5. The van der Waals surface area contributed by atoms with Crippen molar-refractivity contribution in [2.45, 2.75) is 66.0 Å². The van der Waals surface area contributed by atoms with Gasteiger partial charge in [-0.05, 0) is 11.8 Å². The molecule has 0 amide bonds. The van der Waals surface area contributed by atoms with Crippen LogP contribution in [0.3, 0.4) is 0 Å². The highest BCUT2D eigenvalue weighted by molar-refractivity contribution is 6.38. The lowest BCUT2D eigenvalue weighted by molar-refractivity contribution is 0.271. The Bertz CT molecular complexity index is 123. The highest BCUT2D eigenvalue weighted by atomic mass is 14.3. The highest BCUT2D eigenvalue weighted by Crippen LogP contribution is 2.42. The molecule has 0 nitrogen and oxygen atoms in total. The van der Waals surface area contributed by atoms with Gasteiger partial charge in [-0.1, -0.05) is 59.6 Å². The van der Waals surface area contributed by atoms with Crippen molar-refractivity contribution < 1.29 is 0 Å². The molecule has 1 unspecified atom stereocenters. The summed E-state index contributed by atoms with van der Waals surface area (Å²) in [6.45, 7) is 13.9. The summed E-state index contributed by atoms with van der Waals surface area (Å²) < 4.78 is 0. The maximum Gasteiger partial charge on any atom is 0.114 e. The van der Waals surface area contributed by atoms with Gasteiger partial charge in [0, 0.05) is 0 Å². The Morgan fingerprint density at radius 2 is 1.50 bits per heavy atom. The molecule has 71 valence electrons. The van der Waals surface area contributed by atoms with E-state index < -0.39 is 0 Å². The van der Waals surface area contributed by atoms with E-state index >= 15 is 0 Å². The molecule has 1 heteroatoms. The first-order valence-corrected chi connectivity index (χ1v) is 5.19. The van der Waals surface area contributed by atoms with Crippen LogP contribution in [0.4, 0.5) is 0 Å². The fourth-order valence-corrected chi connectivity index (χ4v) is 1.65. The molecule has 0 spiro atoms. The van der Waals surface area contributed by atoms with Crippen LogP contribution in [0.5, 0.6) is 0 Å². The summed E-state index contributed by atoms with van der Waals surface area (Å²) in [6, 6.07) is 0. The minimum atomic E-state index is 0.444. The molecule has 0 saturated heterocycles.